The number of thiazole rings is 1. The third-order valence-electron chi connectivity index (χ3n) is 3.21. The van der Waals surface area contributed by atoms with Gasteiger partial charge in [0.15, 0.2) is 5.13 Å². The topological polar surface area (TPSA) is 70.7 Å². The highest BCUT2D eigenvalue weighted by Crippen LogP contribution is 2.22. The van der Waals surface area contributed by atoms with Crippen LogP contribution in [-0.2, 0) is 0 Å². The third-order valence-corrected chi connectivity index (χ3v) is 4.20. The van der Waals surface area contributed by atoms with Crippen LogP contribution < -0.4 is 5.32 Å². The maximum Gasteiger partial charge on any atom is 0.275 e. The lowest BCUT2D eigenvalue weighted by Gasteiger charge is -1.97. The van der Waals surface area contributed by atoms with Gasteiger partial charge in [-0.25, -0.2) is 9.37 Å². The lowest BCUT2D eigenvalue weighted by atomic mass is 10.1. The molecule has 0 aliphatic carbocycles. The molecule has 3 aromatic rings. The van der Waals surface area contributed by atoms with Crippen LogP contribution in [0.4, 0.5) is 9.52 Å². The van der Waals surface area contributed by atoms with E-state index in [9.17, 15) is 9.18 Å². The molecule has 0 aliphatic rings. The number of nitrogens with one attached hydrogen (secondary N) is 2. The molecule has 2 heterocycles. The van der Waals surface area contributed by atoms with Crippen LogP contribution in [0.5, 0.6) is 0 Å². The van der Waals surface area contributed by atoms with Gasteiger partial charge in [-0.2, -0.15) is 5.10 Å². The fourth-order valence-electron chi connectivity index (χ4n) is 1.90. The quantitative estimate of drug-likeness (QED) is 0.776. The van der Waals surface area contributed by atoms with Crippen molar-refractivity contribution in [2.75, 3.05) is 5.32 Å². The number of aromatic amines is 1. The summed E-state index contributed by atoms with van der Waals surface area (Å²) in [7, 11) is 0. The Morgan fingerprint density at radius 3 is 2.64 bits per heavy atom. The molecule has 0 aliphatic heterocycles. The Hall–Kier alpha value is -2.54. The zero-order valence-electron chi connectivity index (χ0n) is 12.0. The Labute approximate surface area is 130 Å². The Morgan fingerprint density at radius 1 is 1.27 bits per heavy atom. The number of carbonyl (C=O) groups is 1. The first-order valence-corrected chi connectivity index (χ1v) is 7.41. The van der Waals surface area contributed by atoms with Crippen LogP contribution in [0.15, 0.2) is 30.3 Å². The molecule has 0 fully saturated rings. The van der Waals surface area contributed by atoms with Gasteiger partial charge in [-0.1, -0.05) is 0 Å². The van der Waals surface area contributed by atoms with Gasteiger partial charge in [-0.3, -0.25) is 15.2 Å². The fraction of sp³-hybridized carbons (Fsp3) is 0.133. The van der Waals surface area contributed by atoms with E-state index in [2.05, 4.69) is 20.5 Å². The highest BCUT2D eigenvalue weighted by Gasteiger charge is 2.13. The maximum absolute atomic E-state index is 12.9. The summed E-state index contributed by atoms with van der Waals surface area (Å²) < 4.78 is 12.9. The number of hydrogen-bond acceptors (Lipinski definition) is 4. The number of H-pyrrole nitrogens is 1. The molecule has 0 atom stereocenters. The van der Waals surface area contributed by atoms with Crippen molar-refractivity contribution in [3.05, 3.63) is 52.4 Å². The smallest absolute Gasteiger partial charge is 0.275 e. The summed E-state index contributed by atoms with van der Waals surface area (Å²) in [6, 6.07) is 7.55. The monoisotopic (exact) mass is 316 g/mol. The first kappa shape index (κ1) is 14.4. The summed E-state index contributed by atoms with van der Waals surface area (Å²) in [5.41, 5.74) is 2.54. The number of amides is 1. The van der Waals surface area contributed by atoms with Gasteiger partial charge in [0.1, 0.15) is 11.5 Å². The zero-order valence-corrected chi connectivity index (χ0v) is 12.8. The van der Waals surface area contributed by atoms with Crippen LogP contribution >= 0.6 is 11.3 Å². The van der Waals surface area contributed by atoms with E-state index < -0.39 is 0 Å². The van der Waals surface area contributed by atoms with E-state index in [1.54, 1.807) is 18.2 Å². The largest absolute Gasteiger partial charge is 0.296 e. The van der Waals surface area contributed by atoms with Crippen molar-refractivity contribution in [1.82, 2.24) is 15.2 Å². The summed E-state index contributed by atoms with van der Waals surface area (Å²) in [4.78, 5) is 17.5. The lowest BCUT2D eigenvalue weighted by Crippen LogP contribution is -2.12. The minimum Gasteiger partial charge on any atom is -0.296 e. The van der Waals surface area contributed by atoms with E-state index >= 15 is 0 Å². The van der Waals surface area contributed by atoms with Crippen LogP contribution in [-0.4, -0.2) is 21.1 Å². The van der Waals surface area contributed by atoms with Crippen molar-refractivity contribution >= 4 is 22.4 Å². The second-order valence-electron chi connectivity index (χ2n) is 4.79. The number of aromatic nitrogens is 3. The molecule has 5 nitrogen and oxygen atoms in total. The van der Waals surface area contributed by atoms with Crippen LogP contribution in [0.25, 0.3) is 11.3 Å². The molecule has 112 valence electrons. The molecule has 2 N–H and O–H groups in total. The van der Waals surface area contributed by atoms with Gasteiger partial charge in [0.2, 0.25) is 0 Å². The van der Waals surface area contributed by atoms with Gasteiger partial charge < -0.3 is 0 Å². The number of hydrogen-bond donors (Lipinski definition) is 2. The van der Waals surface area contributed by atoms with Gasteiger partial charge in [-0.15, -0.1) is 11.3 Å². The summed E-state index contributed by atoms with van der Waals surface area (Å²) >= 11 is 1.42. The molecule has 0 saturated heterocycles. The lowest BCUT2D eigenvalue weighted by molar-refractivity contribution is 0.102. The number of anilines is 1. The average Bonchev–Trinajstić information content (AvgIpc) is 3.08. The number of nitrogens with zero attached hydrogens (tertiary/aromatic N) is 2. The van der Waals surface area contributed by atoms with Crippen molar-refractivity contribution in [2.45, 2.75) is 13.8 Å². The highest BCUT2D eigenvalue weighted by molar-refractivity contribution is 7.15. The minimum absolute atomic E-state index is 0.311. The van der Waals surface area contributed by atoms with Gasteiger partial charge in [0.05, 0.1) is 11.4 Å². The summed E-state index contributed by atoms with van der Waals surface area (Å²) in [5.74, 6) is -0.624. The van der Waals surface area contributed by atoms with Crippen molar-refractivity contribution < 1.29 is 9.18 Å². The van der Waals surface area contributed by atoms with Crippen molar-refractivity contribution in [3.63, 3.8) is 0 Å². The Bertz CT molecular complexity index is 803. The number of benzene rings is 1. The Morgan fingerprint density at radius 2 is 2.00 bits per heavy atom. The van der Waals surface area contributed by atoms with E-state index in [1.807, 2.05) is 13.8 Å². The number of halogens is 1. The van der Waals surface area contributed by atoms with Crippen LogP contribution in [0.1, 0.15) is 21.1 Å². The Balaban J connectivity index is 1.78. The minimum atomic E-state index is -0.313. The maximum atomic E-state index is 12.9. The van der Waals surface area contributed by atoms with Crippen molar-refractivity contribution in [1.29, 1.82) is 0 Å². The molecule has 0 bridgehead atoms. The second-order valence-corrected chi connectivity index (χ2v) is 5.99. The predicted octanol–water partition coefficient (Wildman–Crippen LogP) is 3.54. The normalized spacial score (nSPS) is 10.7. The first-order valence-electron chi connectivity index (χ1n) is 6.59. The van der Waals surface area contributed by atoms with Crippen molar-refractivity contribution in [2.24, 2.45) is 0 Å². The van der Waals surface area contributed by atoms with Gasteiger partial charge in [0, 0.05) is 10.4 Å². The second kappa shape index (κ2) is 5.69. The van der Waals surface area contributed by atoms with E-state index in [0.717, 1.165) is 16.1 Å². The Kier molecular flexibility index (Phi) is 3.72. The van der Waals surface area contributed by atoms with Gasteiger partial charge >= 0.3 is 0 Å². The van der Waals surface area contributed by atoms with Crippen LogP contribution in [0.3, 0.4) is 0 Å². The van der Waals surface area contributed by atoms with Crippen molar-refractivity contribution in [3.8, 4) is 11.3 Å². The molecule has 3 rings (SSSR count). The predicted molar refractivity (Wildman–Crippen MR) is 83.5 cm³/mol. The molecule has 22 heavy (non-hydrogen) atoms. The standard InChI is InChI=1S/C15H13FN4OS/c1-8-9(2)22-15(17-8)18-14(21)13-7-12(19-20-13)10-3-5-11(16)6-4-10/h3-7H,1-2H3,(H,19,20)(H,17,18,21). The van der Waals surface area contributed by atoms with Crippen LogP contribution in [0, 0.1) is 19.7 Å². The molecular formula is C15H13FN4OS. The molecule has 1 aromatic carbocycles. The molecule has 0 radical (unpaired) electrons. The molecule has 0 saturated carbocycles. The molecular weight excluding hydrogens is 303 g/mol. The SMILES string of the molecule is Cc1nc(NC(=O)c2cc(-c3ccc(F)cc3)n[nH]2)sc1C. The summed E-state index contributed by atoms with van der Waals surface area (Å²) in [6.45, 7) is 3.84. The highest BCUT2D eigenvalue weighted by atomic mass is 32.1. The molecule has 2 aromatic heterocycles. The number of rotatable bonds is 3. The molecule has 0 spiro atoms. The van der Waals surface area contributed by atoms with Gasteiger partial charge in [0.25, 0.3) is 5.91 Å². The van der Waals surface area contributed by atoms with Crippen LogP contribution in [0.2, 0.25) is 0 Å². The number of carbonyl (C=O) groups excluding carboxylic acids is 1. The van der Waals surface area contributed by atoms with E-state index in [1.165, 1.54) is 23.5 Å². The third kappa shape index (κ3) is 2.89. The fourth-order valence-corrected chi connectivity index (χ4v) is 2.71. The van der Waals surface area contributed by atoms with E-state index in [-0.39, 0.29) is 11.7 Å². The zero-order chi connectivity index (χ0) is 15.7. The van der Waals surface area contributed by atoms with E-state index in [4.69, 9.17) is 0 Å². The molecule has 0 unspecified atom stereocenters. The molecule has 7 heteroatoms. The number of aryl methyl sites for hydroxylation is 2. The summed E-state index contributed by atoms with van der Waals surface area (Å²) in [6.07, 6.45) is 0. The summed E-state index contributed by atoms with van der Waals surface area (Å²) in [5, 5.41) is 10.0. The van der Waals surface area contributed by atoms with Gasteiger partial charge in [-0.05, 0) is 44.2 Å². The molecule has 1 amide bonds. The average molecular weight is 316 g/mol. The first-order chi connectivity index (χ1) is 10.5. The van der Waals surface area contributed by atoms with E-state index in [0.29, 0.717) is 16.5 Å².